The van der Waals surface area contributed by atoms with E-state index in [1.807, 2.05) is 0 Å². The van der Waals surface area contributed by atoms with Gasteiger partial charge in [-0.15, -0.1) is 0 Å². The van der Waals surface area contributed by atoms with Gasteiger partial charge in [-0.05, 0) is 23.6 Å². The summed E-state index contributed by atoms with van der Waals surface area (Å²) < 4.78 is 13.2. The highest BCUT2D eigenvalue weighted by Gasteiger charge is 2.14. The van der Waals surface area contributed by atoms with Crippen LogP contribution in [0.5, 0.6) is 0 Å². The average Bonchev–Trinajstić information content (AvgIpc) is 2.26. The molecule has 0 fully saturated rings. The van der Waals surface area contributed by atoms with E-state index in [1.54, 1.807) is 12.1 Å². The molecule has 0 amide bonds. The maximum Gasteiger partial charge on any atom is 0.142 e. The molecule has 0 atom stereocenters. The second-order valence-corrected chi connectivity index (χ2v) is 5.42. The largest absolute Gasteiger partial charge is 0.220 e. The van der Waals surface area contributed by atoms with Gasteiger partial charge in [0.05, 0.1) is 5.56 Å². The van der Waals surface area contributed by atoms with Crippen molar-refractivity contribution in [2.24, 2.45) is 5.92 Å². The lowest BCUT2D eigenvalue weighted by atomic mass is 10.1. The van der Waals surface area contributed by atoms with Crippen molar-refractivity contribution in [2.45, 2.75) is 20.3 Å². The van der Waals surface area contributed by atoms with Crippen molar-refractivity contribution in [1.82, 2.24) is 9.97 Å². The van der Waals surface area contributed by atoms with Crippen LogP contribution in [-0.2, 0) is 6.42 Å². The van der Waals surface area contributed by atoms with Crippen molar-refractivity contribution < 1.29 is 4.39 Å². The van der Waals surface area contributed by atoms with Crippen LogP contribution in [0.1, 0.15) is 19.7 Å². The minimum absolute atomic E-state index is 0.251. The Hall–Kier alpha value is -1.19. The lowest BCUT2D eigenvalue weighted by Crippen LogP contribution is -2.02. The molecule has 0 bridgehead atoms. The SMILES string of the molecule is CC(C)Cc1nc(Cl)c(-c2cccc(F)c2)c(Cl)n1. The molecule has 5 heteroatoms. The number of halogens is 3. The van der Waals surface area contributed by atoms with Gasteiger partial charge in [-0.1, -0.05) is 49.2 Å². The fourth-order valence-electron chi connectivity index (χ4n) is 1.79. The lowest BCUT2D eigenvalue weighted by Gasteiger charge is -2.09. The van der Waals surface area contributed by atoms with Crippen LogP contribution < -0.4 is 0 Å². The van der Waals surface area contributed by atoms with Crippen LogP contribution in [0.2, 0.25) is 10.3 Å². The zero-order valence-electron chi connectivity index (χ0n) is 10.6. The summed E-state index contributed by atoms with van der Waals surface area (Å²) in [4.78, 5) is 8.46. The zero-order chi connectivity index (χ0) is 14.0. The monoisotopic (exact) mass is 298 g/mol. The summed E-state index contributed by atoms with van der Waals surface area (Å²) in [6.45, 7) is 4.12. The van der Waals surface area contributed by atoms with Gasteiger partial charge in [0.15, 0.2) is 0 Å². The Morgan fingerprint density at radius 3 is 2.32 bits per heavy atom. The van der Waals surface area contributed by atoms with Gasteiger partial charge in [0.25, 0.3) is 0 Å². The molecule has 2 nitrogen and oxygen atoms in total. The van der Waals surface area contributed by atoms with Gasteiger partial charge in [-0.3, -0.25) is 0 Å². The Labute approximate surface area is 121 Å². The van der Waals surface area contributed by atoms with Crippen molar-refractivity contribution in [2.75, 3.05) is 0 Å². The van der Waals surface area contributed by atoms with E-state index in [1.165, 1.54) is 12.1 Å². The van der Waals surface area contributed by atoms with Crippen LogP contribution in [0, 0.1) is 11.7 Å². The first kappa shape index (κ1) is 14.2. The predicted molar refractivity (Wildman–Crippen MR) is 76.0 cm³/mol. The summed E-state index contributed by atoms with van der Waals surface area (Å²) in [5.41, 5.74) is 1.04. The fraction of sp³-hybridized carbons (Fsp3) is 0.286. The number of rotatable bonds is 3. The molecular formula is C14H13Cl2FN2. The van der Waals surface area contributed by atoms with Crippen LogP contribution >= 0.6 is 23.2 Å². The molecule has 2 rings (SSSR count). The number of nitrogens with zero attached hydrogens (tertiary/aromatic N) is 2. The molecule has 0 unspecified atom stereocenters. The third-order valence-corrected chi connectivity index (χ3v) is 3.12. The molecule has 2 aromatic rings. The highest BCUT2D eigenvalue weighted by atomic mass is 35.5. The summed E-state index contributed by atoms with van der Waals surface area (Å²) in [6.07, 6.45) is 0.697. The van der Waals surface area contributed by atoms with Crippen molar-refractivity contribution in [1.29, 1.82) is 0 Å². The molecule has 0 radical (unpaired) electrons. The van der Waals surface area contributed by atoms with Gasteiger partial charge in [0.2, 0.25) is 0 Å². The van der Waals surface area contributed by atoms with Crippen molar-refractivity contribution in [3.8, 4) is 11.1 Å². The van der Waals surface area contributed by atoms with Gasteiger partial charge < -0.3 is 0 Å². The number of aromatic nitrogens is 2. The smallest absolute Gasteiger partial charge is 0.142 e. The molecule has 0 aliphatic rings. The molecule has 0 saturated heterocycles. The van der Waals surface area contributed by atoms with E-state index in [2.05, 4.69) is 23.8 Å². The third-order valence-electron chi connectivity index (χ3n) is 2.57. The second-order valence-electron chi connectivity index (χ2n) is 4.70. The first-order valence-corrected chi connectivity index (χ1v) is 6.71. The van der Waals surface area contributed by atoms with Gasteiger partial charge in [0, 0.05) is 6.42 Å². The average molecular weight is 299 g/mol. The molecule has 1 heterocycles. The minimum atomic E-state index is -0.351. The first-order chi connectivity index (χ1) is 8.97. The lowest BCUT2D eigenvalue weighted by molar-refractivity contribution is 0.621. The van der Waals surface area contributed by atoms with Gasteiger partial charge in [-0.25, -0.2) is 14.4 Å². The summed E-state index contributed by atoms with van der Waals surface area (Å²) >= 11 is 12.3. The summed E-state index contributed by atoms with van der Waals surface area (Å²) in [7, 11) is 0. The quantitative estimate of drug-likeness (QED) is 0.762. The second kappa shape index (κ2) is 5.85. The van der Waals surface area contributed by atoms with E-state index >= 15 is 0 Å². The van der Waals surface area contributed by atoms with E-state index < -0.39 is 0 Å². The molecule has 0 N–H and O–H groups in total. The molecular weight excluding hydrogens is 286 g/mol. The Balaban J connectivity index is 2.47. The van der Waals surface area contributed by atoms with E-state index in [-0.39, 0.29) is 16.1 Å². The predicted octanol–water partition coefficient (Wildman–Crippen LogP) is 4.79. The standard InChI is InChI=1S/C14H13Cl2FN2/c1-8(2)6-11-18-13(15)12(14(16)19-11)9-4-3-5-10(17)7-9/h3-5,7-8H,6H2,1-2H3. The van der Waals surface area contributed by atoms with Gasteiger partial charge >= 0.3 is 0 Å². The van der Waals surface area contributed by atoms with E-state index in [4.69, 9.17) is 23.2 Å². The Kier molecular flexibility index (Phi) is 4.38. The normalized spacial score (nSPS) is 11.1. The molecule has 0 spiro atoms. The third kappa shape index (κ3) is 3.43. The number of hydrogen-bond donors (Lipinski definition) is 0. The fourth-order valence-corrected chi connectivity index (χ4v) is 2.43. The van der Waals surface area contributed by atoms with Gasteiger partial charge in [-0.2, -0.15) is 0 Å². The van der Waals surface area contributed by atoms with E-state index in [0.29, 0.717) is 29.3 Å². The number of benzene rings is 1. The highest BCUT2D eigenvalue weighted by molar-refractivity contribution is 6.37. The van der Waals surface area contributed by atoms with Crippen LogP contribution in [-0.4, -0.2) is 9.97 Å². The molecule has 1 aromatic heterocycles. The molecule has 100 valence electrons. The highest BCUT2D eigenvalue weighted by Crippen LogP contribution is 2.32. The van der Waals surface area contributed by atoms with Crippen molar-refractivity contribution in [3.05, 3.63) is 46.2 Å². The van der Waals surface area contributed by atoms with Crippen LogP contribution in [0.15, 0.2) is 24.3 Å². The van der Waals surface area contributed by atoms with E-state index in [0.717, 1.165) is 0 Å². The molecule has 0 aliphatic heterocycles. The van der Waals surface area contributed by atoms with Crippen LogP contribution in [0.4, 0.5) is 4.39 Å². The molecule has 0 saturated carbocycles. The van der Waals surface area contributed by atoms with E-state index in [9.17, 15) is 4.39 Å². The zero-order valence-corrected chi connectivity index (χ0v) is 12.1. The van der Waals surface area contributed by atoms with Crippen LogP contribution in [0.25, 0.3) is 11.1 Å². The summed E-state index contributed by atoms with van der Waals surface area (Å²) in [6, 6.07) is 6.04. The molecule has 1 aromatic carbocycles. The minimum Gasteiger partial charge on any atom is -0.220 e. The van der Waals surface area contributed by atoms with Crippen molar-refractivity contribution in [3.63, 3.8) is 0 Å². The van der Waals surface area contributed by atoms with Crippen LogP contribution in [0.3, 0.4) is 0 Å². The Morgan fingerprint density at radius 2 is 1.79 bits per heavy atom. The number of hydrogen-bond acceptors (Lipinski definition) is 2. The maximum absolute atomic E-state index is 13.2. The molecule has 19 heavy (non-hydrogen) atoms. The first-order valence-electron chi connectivity index (χ1n) is 5.95. The van der Waals surface area contributed by atoms with Crippen molar-refractivity contribution >= 4 is 23.2 Å². The molecule has 0 aliphatic carbocycles. The summed E-state index contributed by atoms with van der Waals surface area (Å²) in [5, 5.41) is 0.502. The topological polar surface area (TPSA) is 25.8 Å². The van der Waals surface area contributed by atoms with Gasteiger partial charge in [0.1, 0.15) is 21.9 Å². The Bertz CT molecular complexity index is 577. The Morgan fingerprint density at radius 1 is 1.16 bits per heavy atom. The summed E-state index contributed by atoms with van der Waals surface area (Å²) in [5.74, 6) is 0.660. The maximum atomic E-state index is 13.2.